The molecule has 16 nitrogen and oxygen atoms in total. The van der Waals surface area contributed by atoms with Gasteiger partial charge in [0.2, 0.25) is 11.8 Å². The van der Waals surface area contributed by atoms with Crippen molar-refractivity contribution in [3.05, 3.63) is 121 Å². The van der Waals surface area contributed by atoms with E-state index >= 15 is 4.39 Å². The lowest BCUT2D eigenvalue weighted by atomic mass is 9.85. The van der Waals surface area contributed by atoms with Crippen molar-refractivity contribution in [3.63, 3.8) is 0 Å². The van der Waals surface area contributed by atoms with Crippen molar-refractivity contribution in [1.82, 2.24) is 48.2 Å². The third kappa shape index (κ3) is 8.79. The van der Waals surface area contributed by atoms with E-state index in [0.717, 1.165) is 147 Å². The van der Waals surface area contributed by atoms with Crippen molar-refractivity contribution in [1.29, 1.82) is 0 Å². The molecule has 71 heavy (non-hydrogen) atoms. The number of benzene rings is 2. The Morgan fingerprint density at radius 2 is 1.63 bits per heavy atom. The lowest BCUT2D eigenvalue weighted by Crippen LogP contribution is -2.53. The molecule has 3 amide bonds. The summed E-state index contributed by atoms with van der Waals surface area (Å²) in [5.74, 6) is -0.563. The number of imide groups is 1. The molecule has 0 bridgehead atoms. The summed E-state index contributed by atoms with van der Waals surface area (Å²) >= 11 is 0. The van der Waals surface area contributed by atoms with Crippen LogP contribution in [0.3, 0.4) is 0 Å². The molecule has 2 aromatic carbocycles. The number of likely N-dealkylation sites (tertiary alicyclic amines) is 2. The molecule has 2 N–H and O–H groups in total. The average molecular weight is 966 g/mol. The first-order valence-electron chi connectivity index (χ1n) is 25.5. The summed E-state index contributed by atoms with van der Waals surface area (Å²) in [6.07, 6.45) is 8.32. The molecule has 0 radical (unpaired) electrons. The van der Waals surface area contributed by atoms with E-state index < -0.39 is 11.9 Å². The number of imidazole rings is 1. The second-order valence-electron chi connectivity index (χ2n) is 20.9. The van der Waals surface area contributed by atoms with Gasteiger partial charge in [0.05, 0.1) is 16.7 Å². The number of piperazine rings is 1. The highest BCUT2D eigenvalue weighted by Gasteiger charge is 2.34. The molecule has 11 rings (SSSR count). The summed E-state index contributed by atoms with van der Waals surface area (Å²) < 4.78 is 23.1. The molecule has 2 unspecified atom stereocenters. The van der Waals surface area contributed by atoms with E-state index in [9.17, 15) is 24.0 Å². The highest BCUT2D eigenvalue weighted by Crippen LogP contribution is 2.35. The number of aryl methyl sites for hydroxylation is 3. The number of halogens is 1. The van der Waals surface area contributed by atoms with Gasteiger partial charge in [-0.15, -0.1) is 0 Å². The Bertz CT molecular complexity index is 3190. The first kappa shape index (κ1) is 46.9. The Morgan fingerprint density at radius 1 is 0.831 bits per heavy atom. The highest BCUT2D eigenvalue weighted by molar-refractivity contribution is 6.00. The number of hydrogen-bond donors (Lipinski definition) is 2. The predicted octanol–water partition coefficient (Wildman–Crippen LogP) is 5.21. The third-order valence-corrected chi connectivity index (χ3v) is 16.4. The maximum absolute atomic E-state index is 16.1. The van der Waals surface area contributed by atoms with Crippen LogP contribution in [0.4, 0.5) is 10.1 Å². The van der Waals surface area contributed by atoms with Crippen LogP contribution in [-0.4, -0.2) is 126 Å². The van der Waals surface area contributed by atoms with Gasteiger partial charge in [0.25, 0.3) is 11.5 Å². The fourth-order valence-corrected chi connectivity index (χ4v) is 12.4. The molecule has 9 heterocycles. The van der Waals surface area contributed by atoms with Gasteiger partial charge in [0.15, 0.2) is 0 Å². The molecular formula is C54H64FN11O5. The molecule has 6 aromatic rings. The van der Waals surface area contributed by atoms with Crippen LogP contribution in [0.25, 0.3) is 27.8 Å². The molecule has 2 atom stereocenters. The Hall–Kier alpha value is -6.43. The van der Waals surface area contributed by atoms with Crippen molar-refractivity contribution in [2.75, 3.05) is 64.2 Å². The number of pyridine rings is 2. The molecule has 0 spiro atoms. The second-order valence-corrected chi connectivity index (χ2v) is 20.9. The summed E-state index contributed by atoms with van der Waals surface area (Å²) in [6, 6.07) is 15.1. The fourth-order valence-electron chi connectivity index (χ4n) is 12.4. The molecule has 4 fully saturated rings. The van der Waals surface area contributed by atoms with Crippen molar-refractivity contribution in [2.45, 2.75) is 89.9 Å². The van der Waals surface area contributed by atoms with Crippen LogP contribution in [0, 0.1) is 18.7 Å². The van der Waals surface area contributed by atoms with E-state index in [1.165, 1.54) is 10.6 Å². The summed E-state index contributed by atoms with van der Waals surface area (Å²) in [6.45, 7) is 13.2. The van der Waals surface area contributed by atoms with Crippen molar-refractivity contribution in [2.24, 2.45) is 20.0 Å². The number of piperidine rings is 3. The maximum atomic E-state index is 16.1. The van der Waals surface area contributed by atoms with Crippen LogP contribution in [0.1, 0.15) is 95.7 Å². The minimum Gasteiger partial charge on any atom is -0.384 e. The van der Waals surface area contributed by atoms with Gasteiger partial charge in [0, 0.05) is 126 Å². The van der Waals surface area contributed by atoms with Gasteiger partial charge in [-0.1, -0.05) is 6.07 Å². The lowest BCUT2D eigenvalue weighted by molar-refractivity contribution is -0.135. The molecule has 4 aromatic heterocycles. The van der Waals surface area contributed by atoms with Crippen LogP contribution in [0.15, 0.2) is 70.5 Å². The van der Waals surface area contributed by atoms with Crippen molar-refractivity contribution < 1.29 is 18.8 Å². The monoisotopic (exact) mass is 966 g/mol. The van der Waals surface area contributed by atoms with Crippen LogP contribution in [0.5, 0.6) is 0 Å². The van der Waals surface area contributed by atoms with Gasteiger partial charge in [-0.25, -0.2) is 14.2 Å². The van der Waals surface area contributed by atoms with E-state index in [4.69, 9.17) is 0 Å². The lowest BCUT2D eigenvalue weighted by Gasteiger charge is -2.42. The summed E-state index contributed by atoms with van der Waals surface area (Å²) in [5, 5.41) is 6.61. The molecule has 5 aliphatic heterocycles. The number of anilines is 1. The zero-order valence-corrected chi connectivity index (χ0v) is 41.3. The zero-order valence-electron chi connectivity index (χ0n) is 41.3. The Labute approximate surface area is 412 Å². The van der Waals surface area contributed by atoms with Gasteiger partial charge >= 0.3 is 5.69 Å². The number of fused-ring (bicyclic) bond motifs is 3. The van der Waals surface area contributed by atoms with Gasteiger partial charge < -0.3 is 14.8 Å². The van der Waals surface area contributed by atoms with E-state index in [1.807, 2.05) is 61.5 Å². The SMILES string of the molecule is Cc1cc(C(=O)N2CCC(CN3CCN(Cc4ccc5c(c4)n(C)c(=O)n5C4CCC(=O)NC4=O)CC3C)CC2)cc(F)c1C1CCN(Cc2cc3c(-n4ccc5c(c4=O)CCN5)ccnc3n2C)CC1. The van der Waals surface area contributed by atoms with Gasteiger partial charge in [-0.05, 0) is 136 Å². The van der Waals surface area contributed by atoms with E-state index in [1.54, 1.807) is 22.4 Å². The molecule has 5 aliphatic rings. The summed E-state index contributed by atoms with van der Waals surface area (Å²) in [4.78, 5) is 79.0. The topological polar surface area (TPSA) is 155 Å². The maximum Gasteiger partial charge on any atom is 0.329 e. The second kappa shape index (κ2) is 19.0. The van der Waals surface area contributed by atoms with E-state index in [-0.39, 0.29) is 41.2 Å². The fraction of sp³-hybridized carbons (Fsp3) is 0.481. The smallest absolute Gasteiger partial charge is 0.329 e. The number of aromatic nitrogens is 5. The van der Waals surface area contributed by atoms with Gasteiger partial charge in [0.1, 0.15) is 17.5 Å². The van der Waals surface area contributed by atoms with E-state index in [0.29, 0.717) is 42.6 Å². The molecule has 0 aliphatic carbocycles. The minimum atomic E-state index is -0.704. The first-order chi connectivity index (χ1) is 34.3. The largest absolute Gasteiger partial charge is 0.384 e. The number of nitrogens with zero attached hydrogens (tertiary/aromatic N) is 9. The number of amides is 3. The third-order valence-electron chi connectivity index (χ3n) is 16.4. The summed E-state index contributed by atoms with van der Waals surface area (Å²) in [5.41, 5.74) is 8.82. The van der Waals surface area contributed by atoms with Crippen LogP contribution < -0.4 is 21.9 Å². The number of rotatable bonds is 10. The number of carbonyl (C=O) groups excluding carboxylic acids is 3. The Morgan fingerprint density at radius 3 is 2.39 bits per heavy atom. The number of carbonyl (C=O) groups is 3. The Kier molecular flexibility index (Phi) is 12.5. The summed E-state index contributed by atoms with van der Waals surface area (Å²) in [7, 11) is 3.75. The minimum absolute atomic E-state index is 0.00654. The molecular weight excluding hydrogens is 902 g/mol. The standard InChI is InChI=1S/C54H64FN11O5/c1-33-25-38(27-42(55)49(33)37-13-18-61(19-14-37)32-39-28-41-44(10-17-57-50(41)59(39)3)65-22-15-43-40(53(65)70)9-16-56-43)52(69)63-20-11-35(12-21-63)31-64-24-23-62(29-34(64)2)30-36-5-6-45-47(26-36)60(4)54(71)66(45)46-7-8-48(67)58-51(46)68/h5-6,10,15,17,22,25-28,34-35,37,46,56H,7-9,11-14,16,18-21,23-24,29-32H2,1-4H3,(H,58,67,68). The predicted molar refractivity (Wildman–Crippen MR) is 270 cm³/mol. The normalized spacial score (nSPS) is 21.1. The molecule has 17 heteroatoms. The number of hydrogen-bond acceptors (Lipinski definition) is 10. The molecule has 372 valence electrons. The van der Waals surface area contributed by atoms with Crippen molar-refractivity contribution >= 4 is 45.5 Å². The van der Waals surface area contributed by atoms with Crippen LogP contribution in [0.2, 0.25) is 0 Å². The first-order valence-corrected chi connectivity index (χ1v) is 25.5. The van der Waals surface area contributed by atoms with E-state index in [2.05, 4.69) is 47.9 Å². The highest BCUT2D eigenvalue weighted by atomic mass is 19.1. The van der Waals surface area contributed by atoms with Gasteiger partial charge in [-0.2, -0.15) is 0 Å². The van der Waals surface area contributed by atoms with Crippen LogP contribution in [-0.2, 0) is 43.2 Å². The Balaban J connectivity index is 0.657. The van der Waals surface area contributed by atoms with Gasteiger partial charge in [-0.3, -0.25) is 52.9 Å². The zero-order chi connectivity index (χ0) is 49.2. The molecule has 4 saturated heterocycles. The quantitative estimate of drug-likeness (QED) is 0.175. The molecule has 0 saturated carbocycles. The van der Waals surface area contributed by atoms with Crippen molar-refractivity contribution in [3.8, 4) is 5.69 Å². The average Bonchev–Trinajstić information content (AvgIpc) is 4.04. The number of nitrogens with one attached hydrogen (secondary N) is 2. The van der Waals surface area contributed by atoms with Crippen LogP contribution >= 0.6 is 0 Å².